The SMILES string of the molecule is NCc1nc(C(=O)Nc2cccc(Cl)c2Cl)cs1. The Hall–Kier alpha value is -1.14. The van der Waals surface area contributed by atoms with Gasteiger partial charge < -0.3 is 11.1 Å². The Balaban J connectivity index is 2.18. The van der Waals surface area contributed by atoms with Crippen LogP contribution in [0, 0.1) is 0 Å². The summed E-state index contributed by atoms with van der Waals surface area (Å²) in [6, 6.07) is 5.02. The molecule has 3 N–H and O–H groups in total. The molecular weight excluding hydrogens is 293 g/mol. The molecule has 0 fully saturated rings. The summed E-state index contributed by atoms with van der Waals surface area (Å²) < 4.78 is 0. The van der Waals surface area contributed by atoms with Gasteiger partial charge in [0.15, 0.2) is 0 Å². The molecule has 1 heterocycles. The maximum Gasteiger partial charge on any atom is 0.275 e. The van der Waals surface area contributed by atoms with Crippen molar-refractivity contribution in [1.29, 1.82) is 0 Å². The zero-order valence-electron chi connectivity index (χ0n) is 9.11. The smallest absolute Gasteiger partial charge is 0.275 e. The number of amides is 1. The summed E-state index contributed by atoms with van der Waals surface area (Å²) in [6.07, 6.45) is 0. The number of nitrogens with one attached hydrogen (secondary N) is 1. The lowest BCUT2D eigenvalue weighted by atomic mass is 10.3. The molecule has 2 aromatic rings. The standard InChI is InChI=1S/C11H9Cl2N3OS/c12-6-2-1-3-7(10(6)13)16-11(17)8-5-18-9(4-14)15-8/h1-3,5H,4,14H2,(H,16,17). The van der Waals surface area contributed by atoms with E-state index in [0.29, 0.717) is 33.0 Å². The van der Waals surface area contributed by atoms with Crippen LogP contribution in [0.3, 0.4) is 0 Å². The number of benzene rings is 1. The van der Waals surface area contributed by atoms with Crippen molar-refractivity contribution >= 4 is 46.1 Å². The Labute approximate surface area is 118 Å². The lowest BCUT2D eigenvalue weighted by Gasteiger charge is -2.06. The van der Waals surface area contributed by atoms with Crippen molar-refractivity contribution in [3.05, 3.63) is 44.3 Å². The van der Waals surface area contributed by atoms with Crippen LogP contribution in [0.15, 0.2) is 23.6 Å². The highest BCUT2D eigenvalue weighted by atomic mass is 35.5. The zero-order chi connectivity index (χ0) is 13.1. The van der Waals surface area contributed by atoms with Gasteiger partial charge in [-0.3, -0.25) is 4.79 Å². The molecule has 0 saturated heterocycles. The molecule has 0 aliphatic carbocycles. The molecule has 0 aliphatic heterocycles. The number of nitrogens with two attached hydrogens (primary N) is 1. The number of aromatic nitrogens is 1. The van der Waals surface area contributed by atoms with Gasteiger partial charge in [-0.2, -0.15) is 0 Å². The number of thiazole rings is 1. The lowest BCUT2D eigenvalue weighted by Crippen LogP contribution is -2.13. The number of carbonyl (C=O) groups excluding carboxylic acids is 1. The number of hydrogen-bond acceptors (Lipinski definition) is 4. The normalized spacial score (nSPS) is 10.4. The van der Waals surface area contributed by atoms with Gasteiger partial charge in [0.25, 0.3) is 5.91 Å². The van der Waals surface area contributed by atoms with E-state index in [9.17, 15) is 4.79 Å². The predicted molar refractivity (Wildman–Crippen MR) is 74.4 cm³/mol. The Morgan fingerprint density at radius 3 is 2.89 bits per heavy atom. The van der Waals surface area contributed by atoms with Crippen LogP contribution in [-0.4, -0.2) is 10.9 Å². The van der Waals surface area contributed by atoms with Crippen LogP contribution in [0.2, 0.25) is 10.0 Å². The quantitative estimate of drug-likeness (QED) is 0.915. The van der Waals surface area contributed by atoms with Gasteiger partial charge in [0.05, 0.1) is 15.7 Å². The fourth-order valence-corrected chi connectivity index (χ4v) is 2.30. The highest BCUT2D eigenvalue weighted by Crippen LogP contribution is 2.29. The summed E-state index contributed by atoms with van der Waals surface area (Å²) >= 11 is 13.2. The molecule has 0 aliphatic rings. The molecule has 0 radical (unpaired) electrons. The van der Waals surface area contributed by atoms with E-state index in [1.54, 1.807) is 23.6 Å². The average molecular weight is 302 g/mol. The Kier molecular flexibility index (Phi) is 4.19. The summed E-state index contributed by atoms with van der Waals surface area (Å²) in [7, 11) is 0. The molecule has 0 bridgehead atoms. The van der Waals surface area contributed by atoms with Crippen molar-refractivity contribution in [3.63, 3.8) is 0 Å². The third-order valence-electron chi connectivity index (χ3n) is 2.16. The molecule has 1 amide bonds. The van der Waals surface area contributed by atoms with E-state index in [1.807, 2.05) is 0 Å². The van der Waals surface area contributed by atoms with Crippen molar-refractivity contribution in [2.45, 2.75) is 6.54 Å². The number of carbonyl (C=O) groups is 1. The van der Waals surface area contributed by atoms with Gasteiger partial charge in [0.1, 0.15) is 10.7 Å². The molecule has 94 valence electrons. The summed E-state index contributed by atoms with van der Waals surface area (Å²) in [5.41, 5.74) is 6.21. The molecule has 18 heavy (non-hydrogen) atoms. The Morgan fingerprint density at radius 1 is 1.44 bits per heavy atom. The van der Waals surface area contributed by atoms with E-state index in [-0.39, 0.29) is 5.91 Å². The van der Waals surface area contributed by atoms with Crippen molar-refractivity contribution in [2.75, 3.05) is 5.32 Å². The first-order valence-electron chi connectivity index (χ1n) is 5.01. The maximum absolute atomic E-state index is 11.9. The second-order valence-corrected chi connectivity index (χ2v) is 5.11. The van der Waals surface area contributed by atoms with Crippen LogP contribution < -0.4 is 11.1 Å². The van der Waals surface area contributed by atoms with E-state index < -0.39 is 0 Å². The lowest BCUT2D eigenvalue weighted by molar-refractivity contribution is 0.102. The first-order valence-corrected chi connectivity index (χ1v) is 6.65. The molecule has 4 nitrogen and oxygen atoms in total. The number of halogens is 2. The number of hydrogen-bond donors (Lipinski definition) is 2. The van der Waals surface area contributed by atoms with Crippen molar-refractivity contribution in [2.24, 2.45) is 5.73 Å². The van der Waals surface area contributed by atoms with E-state index in [1.165, 1.54) is 11.3 Å². The second-order valence-electron chi connectivity index (χ2n) is 3.39. The minimum Gasteiger partial charge on any atom is -0.325 e. The molecular formula is C11H9Cl2N3OS. The number of anilines is 1. The topological polar surface area (TPSA) is 68.0 Å². The minimum absolute atomic E-state index is 0.307. The van der Waals surface area contributed by atoms with Gasteiger partial charge in [-0.15, -0.1) is 11.3 Å². The van der Waals surface area contributed by atoms with Gasteiger partial charge in [-0.05, 0) is 12.1 Å². The van der Waals surface area contributed by atoms with E-state index in [0.717, 1.165) is 0 Å². The highest BCUT2D eigenvalue weighted by molar-refractivity contribution is 7.09. The maximum atomic E-state index is 11.9. The monoisotopic (exact) mass is 301 g/mol. The van der Waals surface area contributed by atoms with Crippen molar-refractivity contribution in [3.8, 4) is 0 Å². The highest BCUT2D eigenvalue weighted by Gasteiger charge is 2.13. The fourth-order valence-electron chi connectivity index (χ4n) is 1.30. The molecule has 7 heteroatoms. The molecule has 0 atom stereocenters. The van der Waals surface area contributed by atoms with Gasteiger partial charge >= 0.3 is 0 Å². The first-order chi connectivity index (χ1) is 8.61. The van der Waals surface area contributed by atoms with E-state index in [4.69, 9.17) is 28.9 Å². The van der Waals surface area contributed by atoms with Crippen LogP contribution in [0.5, 0.6) is 0 Å². The summed E-state index contributed by atoms with van der Waals surface area (Å²) in [5, 5.41) is 5.70. The number of rotatable bonds is 3. The summed E-state index contributed by atoms with van der Waals surface area (Å²) in [6.45, 7) is 0.315. The van der Waals surface area contributed by atoms with Gasteiger partial charge in [0, 0.05) is 11.9 Å². The Bertz CT molecular complexity index is 585. The third-order valence-corrected chi connectivity index (χ3v) is 3.85. The van der Waals surface area contributed by atoms with Crippen molar-refractivity contribution < 1.29 is 4.79 Å². The molecule has 0 spiro atoms. The second kappa shape index (κ2) is 5.67. The van der Waals surface area contributed by atoms with Crippen LogP contribution >= 0.6 is 34.5 Å². The number of nitrogens with zero attached hydrogens (tertiary/aromatic N) is 1. The third kappa shape index (κ3) is 2.81. The van der Waals surface area contributed by atoms with Crippen molar-refractivity contribution in [1.82, 2.24) is 4.98 Å². The van der Waals surface area contributed by atoms with E-state index >= 15 is 0 Å². The molecule has 0 saturated carbocycles. The molecule has 2 rings (SSSR count). The average Bonchev–Trinajstić information content (AvgIpc) is 2.83. The first kappa shape index (κ1) is 13.3. The van der Waals surface area contributed by atoms with Crippen LogP contribution in [0.1, 0.15) is 15.5 Å². The van der Waals surface area contributed by atoms with Gasteiger partial charge in [0.2, 0.25) is 0 Å². The summed E-state index contributed by atoms with van der Waals surface area (Å²) in [4.78, 5) is 16.0. The fraction of sp³-hybridized carbons (Fsp3) is 0.0909. The minimum atomic E-state index is -0.338. The molecule has 0 unspecified atom stereocenters. The summed E-state index contributed by atoms with van der Waals surface area (Å²) in [5.74, 6) is -0.338. The molecule has 1 aromatic carbocycles. The Morgan fingerprint density at radius 2 is 2.22 bits per heavy atom. The van der Waals surface area contributed by atoms with Crippen LogP contribution in [0.4, 0.5) is 5.69 Å². The van der Waals surface area contributed by atoms with Gasteiger partial charge in [-0.25, -0.2) is 4.98 Å². The van der Waals surface area contributed by atoms with Gasteiger partial charge in [-0.1, -0.05) is 29.3 Å². The molecule has 1 aromatic heterocycles. The van der Waals surface area contributed by atoms with Crippen LogP contribution in [-0.2, 0) is 6.54 Å². The van der Waals surface area contributed by atoms with E-state index in [2.05, 4.69) is 10.3 Å². The zero-order valence-corrected chi connectivity index (χ0v) is 11.4. The largest absolute Gasteiger partial charge is 0.325 e. The predicted octanol–water partition coefficient (Wildman–Crippen LogP) is 3.16. The van der Waals surface area contributed by atoms with Crippen LogP contribution in [0.25, 0.3) is 0 Å².